The van der Waals surface area contributed by atoms with Crippen LogP contribution in [0.3, 0.4) is 0 Å². The summed E-state index contributed by atoms with van der Waals surface area (Å²) < 4.78 is 0. The standard InChI is InChI=1S/C19H28N2O/c1-4-6-16-8-10-18(11-9-16)19(22)20-15(2)13-17-7-5-12-21(3)14-17/h7-11,15H,4-6,12-14H2,1-3H3,(H,20,22). The van der Waals surface area contributed by atoms with Gasteiger partial charge in [-0.2, -0.15) is 0 Å². The third-order valence-corrected chi connectivity index (χ3v) is 4.12. The van der Waals surface area contributed by atoms with Crippen molar-refractivity contribution in [2.75, 3.05) is 20.1 Å². The van der Waals surface area contributed by atoms with Gasteiger partial charge in [0.05, 0.1) is 0 Å². The average Bonchev–Trinajstić information content (AvgIpc) is 2.48. The van der Waals surface area contributed by atoms with Crippen LogP contribution in [0, 0.1) is 0 Å². The highest BCUT2D eigenvalue weighted by atomic mass is 16.1. The van der Waals surface area contributed by atoms with Crippen molar-refractivity contribution in [1.82, 2.24) is 10.2 Å². The number of carbonyl (C=O) groups is 1. The van der Waals surface area contributed by atoms with Crippen LogP contribution in [0.15, 0.2) is 35.9 Å². The molecule has 1 atom stereocenters. The van der Waals surface area contributed by atoms with E-state index in [4.69, 9.17) is 0 Å². The van der Waals surface area contributed by atoms with Crippen LogP contribution >= 0.6 is 0 Å². The number of rotatable bonds is 6. The van der Waals surface area contributed by atoms with Gasteiger partial charge in [-0.3, -0.25) is 4.79 Å². The van der Waals surface area contributed by atoms with Crippen molar-refractivity contribution in [3.63, 3.8) is 0 Å². The van der Waals surface area contributed by atoms with E-state index in [-0.39, 0.29) is 11.9 Å². The molecule has 120 valence electrons. The van der Waals surface area contributed by atoms with E-state index in [1.54, 1.807) is 0 Å². The first-order valence-corrected chi connectivity index (χ1v) is 8.34. The lowest BCUT2D eigenvalue weighted by molar-refractivity contribution is 0.0939. The van der Waals surface area contributed by atoms with Gasteiger partial charge in [-0.05, 0) is 50.9 Å². The summed E-state index contributed by atoms with van der Waals surface area (Å²) in [5, 5.41) is 3.11. The average molecular weight is 300 g/mol. The molecule has 0 fully saturated rings. The molecular formula is C19H28N2O. The molecule has 3 nitrogen and oxygen atoms in total. The van der Waals surface area contributed by atoms with Crippen molar-refractivity contribution in [3.05, 3.63) is 47.0 Å². The molecule has 3 heteroatoms. The lowest BCUT2D eigenvalue weighted by atomic mass is 10.0. The Balaban J connectivity index is 1.86. The first kappa shape index (κ1) is 16.8. The SMILES string of the molecule is CCCc1ccc(C(=O)NC(C)CC2=CCCN(C)C2)cc1. The van der Waals surface area contributed by atoms with Gasteiger partial charge in [0.15, 0.2) is 0 Å². The van der Waals surface area contributed by atoms with Crippen LogP contribution in [-0.2, 0) is 6.42 Å². The summed E-state index contributed by atoms with van der Waals surface area (Å²) in [7, 11) is 2.15. The third-order valence-electron chi connectivity index (χ3n) is 4.12. The zero-order chi connectivity index (χ0) is 15.9. The minimum absolute atomic E-state index is 0.0281. The Morgan fingerprint density at radius 3 is 2.68 bits per heavy atom. The normalized spacial score (nSPS) is 17.0. The van der Waals surface area contributed by atoms with Gasteiger partial charge in [0, 0.05) is 24.7 Å². The van der Waals surface area contributed by atoms with Crippen molar-refractivity contribution < 1.29 is 4.79 Å². The van der Waals surface area contributed by atoms with Crippen LogP contribution in [0.25, 0.3) is 0 Å². The lowest BCUT2D eigenvalue weighted by Crippen LogP contribution is -2.35. The van der Waals surface area contributed by atoms with E-state index in [9.17, 15) is 4.79 Å². The summed E-state index contributed by atoms with van der Waals surface area (Å²) in [5.41, 5.74) is 3.48. The van der Waals surface area contributed by atoms with Crippen molar-refractivity contribution in [2.45, 2.75) is 45.6 Å². The van der Waals surface area contributed by atoms with Gasteiger partial charge < -0.3 is 10.2 Å². The summed E-state index contributed by atoms with van der Waals surface area (Å²) >= 11 is 0. The number of aryl methyl sites for hydroxylation is 1. The summed E-state index contributed by atoms with van der Waals surface area (Å²) in [6.45, 7) is 6.40. The quantitative estimate of drug-likeness (QED) is 0.817. The smallest absolute Gasteiger partial charge is 0.251 e. The second-order valence-electron chi connectivity index (χ2n) is 6.41. The van der Waals surface area contributed by atoms with Gasteiger partial charge in [-0.1, -0.05) is 37.1 Å². The van der Waals surface area contributed by atoms with Crippen molar-refractivity contribution in [2.24, 2.45) is 0 Å². The largest absolute Gasteiger partial charge is 0.349 e. The Morgan fingerprint density at radius 2 is 2.05 bits per heavy atom. The van der Waals surface area contributed by atoms with Crippen molar-refractivity contribution in [3.8, 4) is 0 Å². The topological polar surface area (TPSA) is 32.3 Å². The van der Waals surface area contributed by atoms with Gasteiger partial charge >= 0.3 is 0 Å². The zero-order valence-corrected chi connectivity index (χ0v) is 14.1. The van der Waals surface area contributed by atoms with Crippen LogP contribution in [0.4, 0.5) is 0 Å². The second-order valence-corrected chi connectivity index (χ2v) is 6.41. The Morgan fingerprint density at radius 1 is 1.32 bits per heavy atom. The fraction of sp³-hybridized carbons (Fsp3) is 0.526. The molecule has 1 unspecified atom stereocenters. The third kappa shape index (κ3) is 4.99. The highest BCUT2D eigenvalue weighted by molar-refractivity contribution is 5.94. The molecule has 1 heterocycles. The molecule has 0 radical (unpaired) electrons. The van der Waals surface area contributed by atoms with E-state index < -0.39 is 0 Å². The molecule has 0 spiro atoms. The van der Waals surface area contributed by atoms with Gasteiger partial charge in [-0.25, -0.2) is 0 Å². The molecule has 0 aromatic heterocycles. The highest BCUT2D eigenvalue weighted by Gasteiger charge is 2.14. The maximum absolute atomic E-state index is 12.3. The number of amides is 1. The van der Waals surface area contributed by atoms with E-state index in [2.05, 4.69) is 49.3 Å². The van der Waals surface area contributed by atoms with E-state index in [0.29, 0.717) is 0 Å². The number of hydrogen-bond donors (Lipinski definition) is 1. The molecule has 2 rings (SSSR count). The van der Waals surface area contributed by atoms with Crippen LogP contribution in [0.5, 0.6) is 0 Å². The first-order valence-electron chi connectivity index (χ1n) is 8.34. The Hall–Kier alpha value is -1.61. The molecule has 0 bridgehead atoms. The predicted molar refractivity (Wildman–Crippen MR) is 92.2 cm³/mol. The summed E-state index contributed by atoms with van der Waals surface area (Å²) in [5.74, 6) is 0.0281. The maximum Gasteiger partial charge on any atom is 0.251 e. The van der Waals surface area contributed by atoms with E-state index >= 15 is 0 Å². The molecular weight excluding hydrogens is 272 g/mol. The fourth-order valence-corrected chi connectivity index (χ4v) is 2.99. The predicted octanol–water partition coefficient (Wildman–Crippen LogP) is 3.41. The number of benzene rings is 1. The Bertz CT molecular complexity index is 519. The molecule has 0 aliphatic carbocycles. The summed E-state index contributed by atoms with van der Waals surface area (Å²) in [6, 6.07) is 8.14. The number of nitrogens with one attached hydrogen (secondary N) is 1. The van der Waals surface area contributed by atoms with Gasteiger partial charge in [-0.15, -0.1) is 0 Å². The van der Waals surface area contributed by atoms with E-state index in [1.807, 2.05) is 12.1 Å². The number of hydrogen-bond acceptors (Lipinski definition) is 2. The molecule has 1 amide bonds. The van der Waals surface area contributed by atoms with Crippen LogP contribution in [-0.4, -0.2) is 37.0 Å². The first-order chi connectivity index (χ1) is 10.6. The van der Waals surface area contributed by atoms with Crippen molar-refractivity contribution >= 4 is 5.91 Å². The second kappa shape index (κ2) is 8.14. The molecule has 1 aromatic carbocycles. The molecule has 1 aliphatic rings. The van der Waals surface area contributed by atoms with Crippen LogP contribution in [0.1, 0.15) is 49.0 Å². The van der Waals surface area contributed by atoms with Gasteiger partial charge in [0.2, 0.25) is 0 Å². The summed E-state index contributed by atoms with van der Waals surface area (Å²) in [4.78, 5) is 14.6. The maximum atomic E-state index is 12.3. The van der Waals surface area contributed by atoms with Crippen LogP contribution < -0.4 is 5.32 Å². The van der Waals surface area contributed by atoms with Gasteiger partial charge in [0.25, 0.3) is 5.91 Å². The highest BCUT2D eigenvalue weighted by Crippen LogP contribution is 2.14. The molecule has 1 N–H and O–H groups in total. The molecule has 0 saturated carbocycles. The zero-order valence-electron chi connectivity index (χ0n) is 14.1. The number of carbonyl (C=O) groups excluding carboxylic acids is 1. The van der Waals surface area contributed by atoms with Crippen LogP contribution in [0.2, 0.25) is 0 Å². The number of likely N-dealkylation sites (N-methyl/N-ethyl adjacent to an activating group) is 1. The molecule has 0 saturated heterocycles. The minimum Gasteiger partial charge on any atom is -0.349 e. The van der Waals surface area contributed by atoms with Crippen molar-refractivity contribution in [1.29, 1.82) is 0 Å². The number of nitrogens with zero attached hydrogens (tertiary/aromatic N) is 1. The lowest BCUT2D eigenvalue weighted by Gasteiger charge is -2.25. The Kier molecular flexibility index (Phi) is 6.20. The van der Waals surface area contributed by atoms with E-state index in [0.717, 1.165) is 44.3 Å². The molecule has 22 heavy (non-hydrogen) atoms. The monoisotopic (exact) mass is 300 g/mol. The fourth-order valence-electron chi connectivity index (χ4n) is 2.99. The van der Waals surface area contributed by atoms with Gasteiger partial charge in [0.1, 0.15) is 0 Å². The minimum atomic E-state index is 0.0281. The molecule has 1 aromatic rings. The summed E-state index contributed by atoms with van der Waals surface area (Å²) in [6.07, 6.45) is 6.57. The molecule has 1 aliphatic heterocycles. The Labute approximate surface area is 134 Å². The van der Waals surface area contributed by atoms with E-state index in [1.165, 1.54) is 11.1 Å².